The molecular weight excluding hydrogens is 653 g/mol. The maximum Gasteiger partial charge on any atom is 0.256 e. The number of rotatable bonds is 10. The number of anilines is 1. The largest absolute Gasteiger partial charge is 0.382 e. The molecule has 3 aromatic rings. The Labute approximate surface area is 285 Å². The third-order valence-corrected chi connectivity index (χ3v) is 11.8. The number of nitrogens with two attached hydrogens (primary N) is 1. The van der Waals surface area contributed by atoms with Crippen LogP contribution in [0.5, 0.6) is 0 Å². The molecule has 1 atom stereocenters. The van der Waals surface area contributed by atoms with Gasteiger partial charge in [0, 0.05) is 62.2 Å². The second-order valence-corrected chi connectivity index (χ2v) is 16.1. The summed E-state index contributed by atoms with van der Waals surface area (Å²) in [5.74, 6) is -1.13. The average Bonchev–Trinajstić information content (AvgIpc) is 3.83. The second-order valence-electron chi connectivity index (χ2n) is 14.0. The summed E-state index contributed by atoms with van der Waals surface area (Å²) in [6.45, 7) is 1.51. The van der Waals surface area contributed by atoms with Gasteiger partial charge in [-0.2, -0.15) is 9.19 Å². The Morgan fingerprint density at radius 1 is 1.06 bits per heavy atom. The minimum absolute atomic E-state index is 0.204. The molecule has 0 aromatic carbocycles. The van der Waals surface area contributed by atoms with E-state index in [1.165, 1.54) is 12.4 Å². The van der Waals surface area contributed by atoms with Gasteiger partial charge in [-0.25, -0.2) is 27.2 Å². The number of aromatic nitrogens is 6. The molecule has 4 N–H and O–H groups in total. The summed E-state index contributed by atoms with van der Waals surface area (Å²) in [7, 11) is 0.682. The molecule has 2 aliphatic carbocycles. The number of alkyl halides is 2. The maximum absolute atomic E-state index is 13.7. The van der Waals surface area contributed by atoms with Gasteiger partial charge in [0.15, 0.2) is 17.3 Å². The number of hydrogen-bond donors (Lipinski definition) is 3. The molecule has 3 fully saturated rings. The van der Waals surface area contributed by atoms with E-state index in [0.29, 0.717) is 47.4 Å². The molecule has 16 heteroatoms. The molecule has 0 bridgehead atoms. The van der Waals surface area contributed by atoms with Gasteiger partial charge >= 0.3 is 0 Å². The fraction of sp³-hybridized carbons (Fsp3) is 0.545. The zero-order valence-electron chi connectivity index (χ0n) is 27.8. The van der Waals surface area contributed by atoms with Crippen LogP contribution in [0.4, 0.5) is 14.6 Å². The summed E-state index contributed by atoms with van der Waals surface area (Å²) in [5.41, 5.74) is 8.86. The summed E-state index contributed by atoms with van der Waals surface area (Å²) in [6, 6.07) is 5.61. The quantitative estimate of drug-likeness (QED) is 0.285. The molecule has 1 saturated heterocycles. The number of nitrogens with zero attached hydrogens (tertiary/aromatic N) is 8. The second kappa shape index (κ2) is 13.0. The average molecular weight is 696 g/mol. The lowest BCUT2D eigenvalue weighted by atomic mass is 9.85. The van der Waals surface area contributed by atoms with Crippen LogP contribution in [-0.4, -0.2) is 93.6 Å². The lowest BCUT2D eigenvalue weighted by Gasteiger charge is -2.36. The number of dihydropyridines is 1. The highest BCUT2D eigenvalue weighted by atomic mass is 32.2. The fourth-order valence-corrected chi connectivity index (χ4v) is 8.30. The summed E-state index contributed by atoms with van der Waals surface area (Å²) in [4.78, 5) is 13.2. The molecule has 0 radical (unpaired) electrons. The van der Waals surface area contributed by atoms with E-state index >= 15 is 0 Å². The van der Waals surface area contributed by atoms with Crippen LogP contribution in [0.15, 0.2) is 54.8 Å². The Bertz CT molecular complexity index is 1820. The summed E-state index contributed by atoms with van der Waals surface area (Å²) < 4.78 is 53.9. The number of allylic oxidation sites excluding steroid dienone is 1. The van der Waals surface area contributed by atoms with Crippen LogP contribution in [0.25, 0.3) is 17.0 Å². The molecule has 3 aromatic heterocycles. The van der Waals surface area contributed by atoms with Crippen molar-refractivity contribution in [1.82, 2.24) is 44.9 Å². The van der Waals surface area contributed by atoms with Crippen molar-refractivity contribution in [1.29, 1.82) is 0 Å². The zero-order valence-corrected chi connectivity index (χ0v) is 28.6. The third-order valence-electron chi connectivity index (χ3n) is 9.80. The molecule has 4 aliphatic rings. The number of nitrogens with one attached hydrogen (secondary N) is 2. The Morgan fingerprint density at radius 3 is 2.49 bits per heavy atom. The van der Waals surface area contributed by atoms with Gasteiger partial charge in [-0.15, -0.1) is 10.2 Å². The van der Waals surface area contributed by atoms with E-state index in [2.05, 4.69) is 49.9 Å². The van der Waals surface area contributed by atoms with E-state index in [4.69, 9.17) is 10.7 Å². The predicted molar refractivity (Wildman–Crippen MR) is 182 cm³/mol. The van der Waals surface area contributed by atoms with E-state index in [9.17, 15) is 17.2 Å². The highest BCUT2D eigenvalue weighted by Gasteiger charge is 2.38. The third kappa shape index (κ3) is 7.31. The maximum atomic E-state index is 13.7. The Kier molecular flexibility index (Phi) is 8.90. The Balaban J connectivity index is 1.15. The Hall–Kier alpha value is -4.02. The van der Waals surface area contributed by atoms with Gasteiger partial charge in [0.2, 0.25) is 0 Å². The molecule has 13 nitrogen and oxygen atoms in total. The first kappa shape index (κ1) is 33.5. The lowest BCUT2D eigenvalue weighted by molar-refractivity contribution is -0.0221. The van der Waals surface area contributed by atoms with E-state index in [1.54, 1.807) is 18.5 Å². The van der Waals surface area contributed by atoms with E-state index in [-0.39, 0.29) is 32.0 Å². The van der Waals surface area contributed by atoms with Crippen molar-refractivity contribution in [3.8, 4) is 11.4 Å². The first-order valence-corrected chi connectivity index (χ1v) is 18.4. The van der Waals surface area contributed by atoms with Crippen molar-refractivity contribution >= 4 is 21.4 Å². The predicted octanol–water partition coefficient (Wildman–Crippen LogP) is 3.06. The summed E-state index contributed by atoms with van der Waals surface area (Å²) in [6.07, 6.45) is 13.3. The van der Waals surface area contributed by atoms with Crippen molar-refractivity contribution in [3.63, 3.8) is 0 Å². The van der Waals surface area contributed by atoms with Crippen molar-refractivity contribution in [2.75, 3.05) is 38.6 Å². The first-order valence-electron chi connectivity index (χ1n) is 16.9. The summed E-state index contributed by atoms with van der Waals surface area (Å²) in [5, 5.41) is 19.7. The van der Waals surface area contributed by atoms with Crippen molar-refractivity contribution < 1.29 is 17.2 Å². The van der Waals surface area contributed by atoms with Gasteiger partial charge in [0.1, 0.15) is 0 Å². The topological polar surface area (TPSA) is 160 Å². The van der Waals surface area contributed by atoms with Crippen LogP contribution in [0.3, 0.4) is 0 Å². The highest BCUT2D eigenvalue weighted by Crippen LogP contribution is 2.34. The molecule has 0 spiro atoms. The zero-order chi connectivity index (χ0) is 34.4. The van der Waals surface area contributed by atoms with Gasteiger partial charge in [0.05, 0.1) is 34.6 Å². The van der Waals surface area contributed by atoms with Crippen LogP contribution in [0.1, 0.15) is 62.8 Å². The van der Waals surface area contributed by atoms with Gasteiger partial charge in [-0.05, 0) is 82.8 Å². The van der Waals surface area contributed by atoms with Crippen molar-refractivity contribution in [2.45, 2.75) is 74.2 Å². The highest BCUT2D eigenvalue weighted by molar-refractivity contribution is 7.90. The normalized spacial score (nSPS) is 25.8. The van der Waals surface area contributed by atoms with Gasteiger partial charge in [-0.3, -0.25) is 0 Å². The molecule has 2 saturated carbocycles. The molecule has 5 heterocycles. The van der Waals surface area contributed by atoms with E-state index in [0.717, 1.165) is 47.6 Å². The molecule has 2 aliphatic heterocycles. The van der Waals surface area contributed by atoms with Crippen molar-refractivity contribution in [2.24, 2.45) is 11.7 Å². The van der Waals surface area contributed by atoms with Gasteiger partial charge < -0.3 is 26.2 Å². The van der Waals surface area contributed by atoms with Gasteiger partial charge in [-0.1, -0.05) is 0 Å². The van der Waals surface area contributed by atoms with E-state index < -0.39 is 26.9 Å². The molecule has 1 unspecified atom stereocenters. The smallest absolute Gasteiger partial charge is 0.256 e. The minimum Gasteiger partial charge on any atom is -0.382 e. The first-order chi connectivity index (χ1) is 23.4. The van der Waals surface area contributed by atoms with Crippen LogP contribution < -0.4 is 21.3 Å². The molecule has 7 rings (SSSR count). The SMILES string of the molecule is CN(C)CC1CCC(NC2=CC(N)(c3ccnc(-c4cnn(S(=O)(=O)C5CC5)c4)n3)NC=C2c2ccc(N3CCC(F)(F)CC3)nn2)CC1. The molecule has 49 heavy (non-hydrogen) atoms. The number of piperidine rings is 1. The Morgan fingerprint density at radius 2 is 1.82 bits per heavy atom. The standard InChI is InChI=1S/C33H43F2N11O2S/c1-44(2)20-22-3-5-24(6-4-22)40-28-17-33(36,29-11-14-37-31(41-29)23-18-39-46(21-23)49(47,48)25-7-8-25)38-19-26(28)27-9-10-30(43-42-27)45-15-12-32(34,35)13-16-45/h9-11,14,17-19,21-22,24-25,38,40H,3-8,12-13,15-16,20,36H2,1-2H3. The van der Waals surface area contributed by atoms with Crippen molar-refractivity contribution in [3.05, 3.63) is 66.2 Å². The lowest BCUT2D eigenvalue weighted by Crippen LogP contribution is -2.50. The number of halogens is 2. The van der Waals surface area contributed by atoms with E-state index in [1.807, 2.05) is 23.1 Å². The van der Waals surface area contributed by atoms with Gasteiger partial charge in [0.25, 0.3) is 15.9 Å². The minimum atomic E-state index is -3.53. The van der Waals surface area contributed by atoms with Crippen LogP contribution in [0.2, 0.25) is 0 Å². The fourth-order valence-electron chi connectivity index (χ4n) is 6.83. The molecule has 262 valence electrons. The monoisotopic (exact) mass is 695 g/mol. The van der Waals surface area contributed by atoms with Crippen LogP contribution >= 0.6 is 0 Å². The van der Waals surface area contributed by atoms with Crippen LogP contribution in [-0.2, 0) is 15.7 Å². The number of hydrogen-bond acceptors (Lipinski definition) is 12. The summed E-state index contributed by atoms with van der Waals surface area (Å²) >= 11 is 0. The molecular formula is C33H43F2N11O2S. The van der Waals surface area contributed by atoms with Crippen LogP contribution in [0, 0.1) is 5.92 Å². The molecule has 0 amide bonds.